The molecule has 0 unspecified atom stereocenters. The molecule has 3 rings (SSSR count). The fraction of sp³-hybridized carbons (Fsp3) is 0.0556. The lowest BCUT2D eigenvalue weighted by atomic mass is 10.1. The van der Waals surface area contributed by atoms with Crippen LogP contribution in [0.5, 0.6) is 5.75 Å². The van der Waals surface area contributed by atoms with Gasteiger partial charge in [-0.1, -0.05) is 11.6 Å². The molecule has 0 radical (unpaired) electrons. The van der Waals surface area contributed by atoms with Crippen molar-refractivity contribution >= 4 is 65.6 Å². The molecule has 0 bridgehead atoms. The van der Waals surface area contributed by atoms with Gasteiger partial charge in [0.2, 0.25) is 5.91 Å². The number of aromatic hydroxyl groups is 1. The average Bonchev–Trinajstić information content (AvgIpc) is 2.66. The van der Waals surface area contributed by atoms with Crippen molar-refractivity contribution in [3.63, 3.8) is 0 Å². The molecule has 0 heterocycles. The predicted octanol–water partition coefficient (Wildman–Crippen LogP) is 4.07. The summed E-state index contributed by atoms with van der Waals surface area (Å²) in [6.45, 7) is 1.33. The summed E-state index contributed by atoms with van der Waals surface area (Å²) in [4.78, 5) is 9.55. The van der Waals surface area contributed by atoms with Gasteiger partial charge in [-0.3, -0.25) is 13.9 Å². The lowest BCUT2D eigenvalue weighted by molar-refractivity contribution is -0.114. The molecule has 0 aliphatic heterocycles. The van der Waals surface area contributed by atoms with E-state index in [0.717, 1.165) is 18.2 Å². The molecule has 1 amide bonds. The Bertz CT molecular complexity index is 1490. The van der Waals surface area contributed by atoms with Gasteiger partial charge in [-0.05, 0) is 47.9 Å². The average molecular weight is 500 g/mol. The third kappa shape index (κ3) is 5.03. The third-order valence-corrected chi connectivity index (χ3v) is 6.10. The monoisotopic (exact) mass is 499 g/mol. The van der Waals surface area contributed by atoms with Crippen LogP contribution in [0.15, 0.2) is 62.5 Å². The lowest BCUT2D eigenvalue weighted by Gasteiger charge is -2.11. The number of fused-ring (bicyclic) bond motifs is 1. The van der Waals surface area contributed by atoms with E-state index in [1.807, 2.05) is 0 Å². The van der Waals surface area contributed by atoms with Crippen molar-refractivity contribution < 1.29 is 35.8 Å². The molecule has 3 aromatic rings. The minimum absolute atomic E-state index is 0.179. The number of amides is 1. The van der Waals surface area contributed by atoms with Crippen LogP contribution in [0.2, 0.25) is 5.02 Å². The molecule has 0 aromatic heterocycles. The maximum Gasteiger partial charge on any atom is 0.296 e. The Morgan fingerprint density at radius 1 is 0.969 bits per heavy atom. The van der Waals surface area contributed by atoms with Crippen LogP contribution < -0.4 is 5.32 Å². The fourth-order valence-electron chi connectivity index (χ4n) is 2.78. The van der Waals surface area contributed by atoms with E-state index >= 15 is 0 Å². The number of azo groups is 1. The molecule has 4 N–H and O–H groups in total. The van der Waals surface area contributed by atoms with Gasteiger partial charge in [0.25, 0.3) is 20.2 Å². The second kappa shape index (κ2) is 8.44. The number of carbonyl (C=O) groups excluding carboxylic acids is 1. The SMILES string of the molecule is CC(=O)Nc1ccc(N=Nc2c(S(=O)(=O)O)cc3cc(S(=O)(=O)O)cc(Cl)c3c2O)cc1. The Kier molecular flexibility index (Phi) is 6.22. The summed E-state index contributed by atoms with van der Waals surface area (Å²) >= 11 is 6.03. The summed E-state index contributed by atoms with van der Waals surface area (Å²) in [5, 5.41) is 20.0. The third-order valence-electron chi connectivity index (χ3n) is 4.10. The molecular weight excluding hydrogens is 486 g/mol. The van der Waals surface area contributed by atoms with E-state index in [4.69, 9.17) is 11.6 Å². The number of hydrogen-bond donors (Lipinski definition) is 4. The summed E-state index contributed by atoms with van der Waals surface area (Å²) < 4.78 is 65.4. The first-order valence-corrected chi connectivity index (χ1v) is 11.8. The first-order valence-electron chi connectivity index (χ1n) is 8.51. The van der Waals surface area contributed by atoms with Crippen molar-refractivity contribution in [2.45, 2.75) is 16.7 Å². The van der Waals surface area contributed by atoms with E-state index in [0.29, 0.717) is 5.69 Å². The molecule has 32 heavy (non-hydrogen) atoms. The number of nitrogens with zero attached hydrogens (tertiary/aromatic N) is 2. The molecule has 11 nitrogen and oxygen atoms in total. The minimum Gasteiger partial charge on any atom is -0.505 e. The summed E-state index contributed by atoms with van der Waals surface area (Å²) in [6, 6.07) is 8.47. The summed E-state index contributed by atoms with van der Waals surface area (Å²) in [5.41, 5.74) is 0.0465. The number of phenolic OH excluding ortho intramolecular Hbond substituents is 1. The second-order valence-corrected chi connectivity index (χ2v) is 9.67. The number of hydrogen-bond acceptors (Lipinski definition) is 8. The summed E-state index contributed by atoms with van der Waals surface area (Å²) in [7, 11) is -9.64. The molecular formula is C18H14ClN3O8S2. The van der Waals surface area contributed by atoms with Crippen LogP contribution in [0.1, 0.15) is 6.92 Å². The zero-order chi connectivity index (χ0) is 23.8. The van der Waals surface area contributed by atoms with Crippen molar-refractivity contribution in [3.05, 3.63) is 47.5 Å². The van der Waals surface area contributed by atoms with Crippen molar-refractivity contribution in [3.8, 4) is 5.75 Å². The van der Waals surface area contributed by atoms with Crippen molar-refractivity contribution in [2.24, 2.45) is 10.2 Å². The van der Waals surface area contributed by atoms with E-state index in [2.05, 4.69) is 15.5 Å². The van der Waals surface area contributed by atoms with E-state index < -0.39 is 41.5 Å². The highest BCUT2D eigenvalue weighted by Gasteiger charge is 2.24. The molecule has 14 heteroatoms. The van der Waals surface area contributed by atoms with Gasteiger partial charge in [-0.15, -0.1) is 5.11 Å². The van der Waals surface area contributed by atoms with Crippen molar-refractivity contribution in [1.29, 1.82) is 0 Å². The Morgan fingerprint density at radius 2 is 1.59 bits per heavy atom. The lowest BCUT2D eigenvalue weighted by Crippen LogP contribution is -2.04. The smallest absolute Gasteiger partial charge is 0.296 e. The Labute approximate surface area is 186 Å². The van der Waals surface area contributed by atoms with E-state index in [9.17, 15) is 35.8 Å². The number of rotatable bonds is 5. The Hall–Kier alpha value is -3.10. The van der Waals surface area contributed by atoms with Gasteiger partial charge in [0.1, 0.15) is 10.6 Å². The second-order valence-electron chi connectivity index (χ2n) is 6.45. The molecule has 0 aliphatic rings. The van der Waals surface area contributed by atoms with E-state index in [1.54, 1.807) is 0 Å². The first-order chi connectivity index (χ1) is 14.8. The molecule has 0 atom stereocenters. The maximum absolute atomic E-state index is 11.9. The van der Waals surface area contributed by atoms with Gasteiger partial charge >= 0.3 is 0 Å². The van der Waals surface area contributed by atoms with Crippen LogP contribution in [-0.2, 0) is 25.0 Å². The highest BCUT2D eigenvalue weighted by atomic mass is 35.5. The summed E-state index contributed by atoms with van der Waals surface area (Å²) in [6.07, 6.45) is 0. The summed E-state index contributed by atoms with van der Waals surface area (Å²) in [5.74, 6) is -1.08. The Balaban J connectivity index is 2.19. The van der Waals surface area contributed by atoms with Gasteiger partial charge in [0, 0.05) is 18.0 Å². The quantitative estimate of drug-likeness (QED) is 0.299. The molecule has 0 saturated heterocycles. The fourth-order valence-corrected chi connectivity index (χ4v) is 4.36. The first kappa shape index (κ1) is 23.6. The van der Waals surface area contributed by atoms with Gasteiger partial charge < -0.3 is 10.4 Å². The largest absolute Gasteiger partial charge is 0.505 e. The Morgan fingerprint density at radius 3 is 2.12 bits per heavy atom. The van der Waals surface area contributed by atoms with Crippen LogP contribution >= 0.6 is 11.6 Å². The number of benzene rings is 3. The zero-order valence-corrected chi connectivity index (χ0v) is 18.4. The van der Waals surface area contributed by atoms with E-state index in [-0.39, 0.29) is 27.4 Å². The molecule has 3 aromatic carbocycles. The predicted molar refractivity (Wildman–Crippen MR) is 115 cm³/mol. The molecule has 168 valence electrons. The highest BCUT2D eigenvalue weighted by molar-refractivity contribution is 7.86. The highest BCUT2D eigenvalue weighted by Crippen LogP contribution is 2.44. The molecule has 0 fully saturated rings. The topological polar surface area (TPSA) is 183 Å². The van der Waals surface area contributed by atoms with Gasteiger partial charge in [0.05, 0.1) is 15.6 Å². The van der Waals surface area contributed by atoms with Crippen molar-refractivity contribution in [1.82, 2.24) is 0 Å². The zero-order valence-electron chi connectivity index (χ0n) is 16.0. The molecule has 0 spiro atoms. The maximum atomic E-state index is 11.9. The van der Waals surface area contributed by atoms with Crippen LogP contribution in [0.3, 0.4) is 0 Å². The van der Waals surface area contributed by atoms with Gasteiger partial charge in [0.15, 0.2) is 5.75 Å². The number of halogens is 1. The minimum atomic E-state index is -4.95. The number of anilines is 1. The van der Waals surface area contributed by atoms with E-state index in [1.165, 1.54) is 31.2 Å². The normalized spacial score (nSPS) is 12.4. The molecule has 0 saturated carbocycles. The number of phenols is 1. The number of carbonyl (C=O) groups is 1. The van der Waals surface area contributed by atoms with Crippen molar-refractivity contribution in [2.75, 3.05) is 5.32 Å². The van der Waals surface area contributed by atoms with Crippen LogP contribution in [0.4, 0.5) is 17.1 Å². The van der Waals surface area contributed by atoms with Gasteiger partial charge in [-0.2, -0.15) is 21.9 Å². The van der Waals surface area contributed by atoms with Crippen LogP contribution in [0, 0.1) is 0 Å². The van der Waals surface area contributed by atoms with Crippen LogP contribution in [0.25, 0.3) is 10.8 Å². The standard InChI is InChI=1S/C18H14ClN3O8S2/c1-9(23)20-11-2-4-12(5-3-11)21-22-17-15(32(28,29)30)7-10-6-13(31(25,26)27)8-14(19)16(10)18(17)24/h2-8,24H,1H3,(H,20,23)(H,25,26,27)(H,28,29,30). The van der Waals surface area contributed by atoms with Crippen LogP contribution in [-0.4, -0.2) is 37.0 Å². The van der Waals surface area contributed by atoms with Gasteiger partial charge in [-0.25, -0.2) is 0 Å². The molecule has 0 aliphatic carbocycles. The number of nitrogens with one attached hydrogen (secondary N) is 1.